The zero-order chi connectivity index (χ0) is 15.2. The minimum absolute atomic E-state index is 0.131. The molecule has 0 aromatic carbocycles. The highest BCUT2D eigenvalue weighted by Crippen LogP contribution is 2.39. The van der Waals surface area contributed by atoms with Gasteiger partial charge in [-0.25, -0.2) is 9.97 Å². The van der Waals surface area contributed by atoms with Gasteiger partial charge in [0, 0.05) is 39.2 Å². The van der Waals surface area contributed by atoms with Crippen LogP contribution >= 0.6 is 0 Å². The van der Waals surface area contributed by atoms with E-state index in [1.807, 2.05) is 34.0 Å². The largest absolute Gasteiger partial charge is 0.373 e. The summed E-state index contributed by atoms with van der Waals surface area (Å²) in [6, 6.07) is 1.94. The summed E-state index contributed by atoms with van der Waals surface area (Å²) in [6.45, 7) is 5.44. The Morgan fingerprint density at radius 2 is 2.00 bits per heavy atom. The van der Waals surface area contributed by atoms with E-state index in [1.165, 1.54) is 0 Å². The number of carbonyl (C=O) groups excluding carboxylic acids is 1. The van der Waals surface area contributed by atoms with Gasteiger partial charge in [0.05, 0.1) is 0 Å². The van der Waals surface area contributed by atoms with Gasteiger partial charge in [0.15, 0.2) is 0 Å². The summed E-state index contributed by atoms with van der Waals surface area (Å²) in [6.07, 6.45) is 2.33. The Morgan fingerprint density at radius 3 is 2.62 bits per heavy atom. The first-order chi connectivity index (χ1) is 9.93. The number of amides is 1. The number of piperazine rings is 1. The number of hydrogen-bond acceptors (Lipinski definition) is 5. The first-order valence-electron chi connectivity index (χ1n) is 7.53. The zero-order valence-corrected chi connectivity index (χ0v) is 13.2. The number of nitrogens with zero attached hydrogens (tertiary/aromatic N) is 4. The van der Waals surface area contributed by atoms with Crippen molar-refractivity contribution in [3.05, 3.63) is 11.9 Å². The van der Waals surface area contributed by atoms with Crippen LogP contribution in [0, 0.1) is 0 Å². The van der Waals surface area contributed by atoms with E-state index >= 15 is 0 Å². The highest BCUT2D eigenvalue weighted by molar-refractivity contribution is 5.90. The summed E-state index contributed by atoms with van der Waals surface area (Å²) in [4.78, 5) is 25.6. The molecule has 1 aromatic rings. The Labute approximate surface area is 125 Å². The summed E-state index contributed by atoms with van der Waals surface area (Å²) < 4.78 is 0. The van der Waals surface area contributed by atoms with E-state index in [0.717, 1.165) is 43.4 Å². The van der Waals surface area contributed by atoms with Gasteiger partial charge in [-0.1, -0.05) is 0 Å². The van der Waals surface area contributed by atoms with E-state index in [-0.39, 0.29) is 5.91 Å². The molecule has 2 aliphatic rings. The van der Waals surface area contributed by atoms with Crippen LogP contribution in [0.3, 0.4) is 0 Å². The first-order valence-corrected chi connectivity index (χ1v) is 7.53. The van der Waals surface area contributed by atoms with Gasteiger partial charge >= 0.3 is 0 Å². The summed E-state index contributed by atoms with van der Waals surface area (Å²) in [7, 11) is 3.72. The number of hydrogen-bond donors (Lipinski definition) is 1. The number of rotatable bonds is 3. The Kier molecular flexibility index (Phi) is 3.26. The highest BCUT2D eigenvalue weighted by Gasteiger charge is 2.41. The van der Waals surface area contributed by atoms with Crippen molar-refractivity contribution in [2.75, 3.05) is 37.4 Å². The molecule has 1 N–H and O–H groups in total. The van der Waals surface area contributed by atoms with Crippen LogP contribution in [0.5, 0.6) is 0 Å². The van der Waals surface area contributed by atoms with Gasteiger partial charge in [0.1, 0.15) is 23.0 Å². The highest BCUT2D eigenvalue weighted by atomic mass is 16.2. The van der Waals surface area contributed by atoms with Gasteiger partial charge in [-0.2, -0.15) is 0 Å². The normalized spacial score (nSPS) is 21.6. The van der Waals surface area contributed by atoms with Crippen molar-refractivity contribution in [1.82, 2.24) is 14.9 Å². The van der Waals surface area contributed by atoms with Crippen molar-refractivity contribution in [3.63, 3.8) is 0 Å². The molecule has 0 bridgehead atoms. The van der Waals surface area contributed by atoms with Crippen LogP contribution in [-0.4, -0.2) is 53.5 Å². The zero-order valence-electron chi connectivity index (χ0n) is 13.2. The Balaban J connectivity index is 1.99. The molecule has 1 amide bonds. The molecule has 0 radical (unpaired) electrons. The molecule has 1 aromatic heterocycles. The Bertz CT molecular complexity index is 567. The second kappa shape index (κ2) is 4.86. The molecule has 1 saturated heterocycles. The third-order valence-corrected chi connectivity index (χ3v) is 4.41. The third kappa shape index (κ3) is 2.43. The van der Waals surface area contributed by atoms with E-state index in [1.54, 1.807) is 4.90 Å². The topological polar surface area (TPSA) is 61.4 Å². The minimum Gasteiger partial charge on any atom is -0.373 e. The maximum Gasteiger partial charge on any atom is 0.247 e. The fourth-order valence-corrected chi connectivity index (χ4v) is 2.86. The second-order valence-electron chi connectivity index (χ2n) is 6.43. The molecular formula is C15H23N5O. The molecule has 2 heterocycles. The maximum absolute atomic E-state index is 12.4. The van der Waals surface area contributed by atoms with Crippen molar-refractivity contribution in [3.8, 4) is 0 Å². The quantitative estimate of drug-likeness (QED) is 0.912. The van der Waals surface area contributed by atoms with Crippen LogP contribution in [-0.2, 0) is 4.79 Å². The summed E-state index contributed by atoms with van der Waals surface area (Å²) in [5, 5.41) is 3.10. The third-order valence-electron chi connectivity index (χ3n) is 4.41. The van der Waals surface area contributed by atoms with E-state index in [0.29, 0.717) is 5.92 Å². The predicted molar refractivity (Wildman–Crippen MR) is 82.6 cm³/mol. The minimum atomic E-state index is -0.576. The van der Waals surface area contributed by atoms with Gasteiger partial charge in [0.2, 0.25) is 5.91 Å². The number of carbonyl (C=O) groups is 1. The summed E-state index contributed by atoms with van der Waals surface area (Å²) in [5.41, 5.74) is -0.576. The van der Waals surface area contributed by atoms with Crippen LogP contribution in [0.1, 0.15) is 38.4 Å². The summed E-state index contributed by atoms with van der Waals surface area (Å²) in [5.74, 6) is 3.19. The van der Waals surface area contributed by atoms with Crippen molar-refractivity contribution < 1.29 is 4.79 Å². The lowest BCUT2D eigenvalue weighted by Gasteiger charge is -2.45. The molecule has 2 fully saturated rings. The number of likely N-dealkylation sites (N-methyl/N-ethyl adjacent to an activating group) is 1. The standard InChI is InChI=1S/C15H23N5O/c1-15(2)14(21)19(4)7-8-20(15)12-9-11(16-3)17-13(18-12)10-5-6-10/h9-10H,5-8H2,1-4H3,(H,16,17,18). The molecule has 0 unspecified atom stereocenters. The van der Waals surface area contributed by atoms with Crippen LogP contribution in [0.2, 0.25) is 0 Å². The van der Waals surface area contributed by atoms with Gasteiger partial charge in [0.25, 0.3) is 0 Å². The molecule has 21 heavy (non-hydrogen) atoms. The van der Waals surface area contributed by atoms with E-state index in [9.17, 15) is 4.79 Å². The second-order valence-corrected chi connectivity index (χ2v) is 6.43. The van der Waals surface area contributed by atoms with Crippen LogP contribution in [0.25, 0.3) is 0 Å². The van der Waals surface area contributed by atoms with Crippen LogP contribution in [0.4, 0.5) is 11.6 Å². The Morgan fingerprint density at radius 1 is 1.29 bits per heavy atom. The summed E-state index contributed by atoms with van der Waals surface area (Å²) >= 11 is 0. The van der Waals surface area contributed by atoms with Crippen molar-refractivity contribution in [2.45, 2.75) is 38.1 Å². The molecule has 0 spiro atoms. The molecular weight excluding hydrogens is 266 g/mol. The fraction of sp³-hybridized carbons (Fsp3) is 0.667. The number of aromatic nitrogens is 2. The molecule has 1 aliphatic carbocycles. The van der Waals surface area contributed by atoms with Gasteiger partial charge < -0.3 is 15.1 Å². The molecule has 1 aliphatic heterocycles. The lowest BCUT2D eigenvalue weighted by molar-refractivity contribution is -0.136. The van der Waals surface area contributed by atoms with E-state index in [4.69, 9.17) is 4.98 Å². The van der Waals surface area contributed by atoms with Gasteiger partial charge in [-0.15, -0.1) is 0 Å². The van der Waals surface area contributed by atoms with Crippen molar-refractivity contribution >= 4 is 17.5 Å². The average molecular weight is 289 g/mol. The van der Waals surface area contributed by atoms with E-state index < -0.39 is 5.54 Å². The molecule has 1 saturated carbocycles. The lowest BCUT2D eigenvalue weighted by atomic mass is 9.98. The monoisotopic (exact) mass is 289 g/mol. The number of nitrogens with one attached hydrogen (secondary N) is 1. The molecule has 0 atom stereocenters. The lowest BCUT2D eigenvalue weighted by Crippen LogP contribution is -2.62. The smallest absolute Gasteiger partial charge is 0.247 e. The van der Waals surface area contributed by atoms with Gasteiger partial charge in [-0.05, 0) is 26.7 Å². The van der Waals surface area contributed by atoms with Crippen molar-refractivity contribution in [1.29, 1.82) is 0 Å². The maximum atomic E-state index is 12.4. The van der Waals surface area contributed by atoms with Gasteiger partial charge in [-0.3, -0.25) is 4.79 Å². The van der Waals surface area contributed by atoms with E-state index in [2.05, 4.69) is 15.2 Å². The molecule has 6 nitrogen and oxygen atoms in total. The SMILES string of the molecule is CNc1cc(N2CCN(C)C(=O)C2(C)C)nc(C2CC2)n1. The average Bonchev–Trinajstić information content (AvgIpc) is 3.29. The molecule has 114 valence electrons. The molecule has 6 heteroatoms. The number of anilines is 2. The van der Waals surface area contributed by atoms with Crippen LogP contribution < -0.4 is 10.2 Å². The Hall–Kier alpha value is -1.85. The molecule has 3 rings (SSSR count). The predicted octanol–water partition coefficient (Wildman–Crippen LogP) is 1.45. The van der Waals surface area contributed by atoms with Crippen LogP contribution in [0.15, 0.2) is 6.07 Å². The van der Waals surface area contributed by atoms with Crippen molar-refractivity contribution in [2.24, 2.45) is 0 Å². The first kappa shape index (κ1) is 14.1. The fourth-order valence-electron chi connectivity index (χ4n) is 2.86.